The van der Waals surface area contributed by atoms with Crippen molar-refractivity contribution in [3.8, 4) is 0 Å². The highest BCUT2D eigenvalue weighted by Crippen LogP contribution is 2.16. The molecule has 4 aliphatic heterocycles. The van der Waals surface area contributed by atoms with Gasteiger partial charge in [-0.15, -0.1) is 0 Å². The van der Waals surface area contributed by atoms with Crippen molar-refractivity contribution >= 4 is 113 Å². The minimum atomic E-state index is -1.17. The first kappa shape index (κ1) is 117. The fraction of sp³-hybridized carbons (Fsp3) is 0.776. The summed E-state index contributed by atoms with van der Waals surface area (Å²) in [5.41, 5.74) is 0. The molecule has 4 fully saturated rings. The van der Waals surface area contributed by atoms with Crippen LogP contribution in [0.15, 0.2) is 0 Å². The van der Waals surface area contributed by atoms with Gasteiger partial charge in [0.15, 0.2) is 0 Å². The lowest BCUT2D eigenvalue weighted by Crippen LogP contribution is -2.55. The number of nitrogens with zero attached hydrogens (tertiary/aromatic N) is 16. The Morgan fingerprint density at radius 3 is 0.548 bits per heavy atom. The van der Waals surface area contributed by atoms with Gasteiger partial charge in [0.25, 0.3) is 0 Å². The molecule has 4 saturated heterocycles. The number of carboxylic acid groups (broad SMARTS) is 9. The summed E-state index contributed by atoms with van der Waals surface area (Å²) in [6.07, 6.45) is 11.1. The summed E-state index contributed by atoms with van der Waals surface area (Å²) in [6.45, 7) is -0.588. The summed E-state index contributed by atoms with van der Waals surface area (Å²) < 4.78 is 0. The maximum Gasteiger partial charge on any atom is 0.317 e. The first-order chi connectivity index (χ1) is 64.2. The Labute approximate surface area is 787 Å². The molecule has 3 unspecified atom stereocenters. The summed E-state index contributed by atoms with van der Waals surface area (Å²) in [6, 6.07) is -3.02. The van der Waals surface area contributed by atoms with Gasteiger partial charge in [-0.05, 0) is 27.2 Å². The van der Waals surface area contributed by atoms with E-state index < -0.39 is 204 Å². The van der Waals surface area contributed by atoms with Gasteiger partial charge in [-0.3, -0.25) is 150 Å². The number of hydrogen-bond donors (Lipinski definition) is 15. The molecule has 50 nitrogen and oxygen atoms in total. The fourth-order valence-corrected chi connectivity index (χ4v) is 16.0. The number of carboxylic acids is 9. The largest absolute Gasteiger partial charge is 0.480 e. The Bertz CT molecular complexity index is 3580. The van der Waals surface area contributed by atoms with Crippen LogP contribution in [-0.2, 0) is 91.1 Å². The van der Waals surface area contributed by atoms with Gasteiger partial charge in [0.1, 0.15) is 0 Å². The zero-order valence-corrected chi connectivity index (χ0v) is 78.9. The van der Waals surface area contributed by atoms with E-state index in [0.29, 0.717) is 6.42 Å². The Hall–Kier alpha value is -10.5. The average molecular weight is 1930 g/mol. The van der Waals surface area contributed by atoms with Crippen LogP contribution >= 0.6 is 0 Å². The number of carbonyl (C=O) groups is 19. The monoisotopic (exact) mass is 1930 g/mol. The molecule has 4 aliphatic rings. The Balaban J connectivity index is 1.64. The normalized spacial score (nSPS) is 18.5. The van der Waals surface area contributed by atoms with Crippen LogP contribution < -0.4 is 31.9 Å². The first-order valence-corrected chi connectivity index (χ1v) is 46.6. The highest BCUT2D eigenvalue weighted by molar-refractivity contribution is 5.92. The smallest absolute Gasteiger partial charge is 0.317 e. The van der Waals surface area contributed by atoms with Gasteiger partial charge in [0, 0.05) is 216 Å². The minimum Gasteiger partial charge on any atom is -0.480 e. The van der Waals surface area contributed by atoms with E-state index in [1.54, 1.807) is 58.8 Å². The molecule has 766 valence electrons. The number of hydrogen-bond acceptors (Lipinski definition) is 31. The second-order valence-electron chi connectivity index (χ2n) is 34.5. The zero-order valence-electron chi connectivity index (χ0n) is 78.9. The van der Waals surface area contributed by atoms with E-state index >= 15 is 0 Å². The summed E-state index contributed by atoms with van der Waals surface area (Å²) in [5, 5.41) is 103. The summed E-state index contributed by atoms with van der Waals surface area (Å²) >= 11 is 0. The molecule has 0 aromatic heterocycles. The van der Waals surface area contributed by atoms with E-state index in [1.165, 1.54) is 53.2 Å². The van der Waals surface area contributed by atoms with Crippen molar-refractivity contribution in [2.45, 2.75) is 123 Å². The Morgan fingerprint density at radius 1 is 0.207 bits per heavy atom. The number of amides is 10. The molecule has 135 heavy (non-hydrogen) atoms. The number of unbranched alkanes of at least 4 members (excludes halogenated alkanes) is 10. The van der Waals surface area contributed by atoms with E-state index in [4.69, 9.17) is 0 Å². The highest BCUT2D eigenvalue weighted by Gasteiger charge is 2.33. The van der Waals surface area contributed by atoms with Crippen LogP contribution in [0.1, 0.15) is 105 Å². The maximum atomic E-state index is 14.7. The predicted octanol–water partition coefficient (Wildman–Crippen LogP) is -7.70. The van der Waals surface area contributed by atoms with Crippen LogP contribution in [0.2, 0.25) is 0 Å². The van der Waals surface area contributed by atoms with Crippen molar-refractivity contribution in [1.29, 1.82) is 0 Å². The minimum absolute atomic E-state index is 0.0660. The van der Waals surface area contributed by atoms with Gasteiger partial charge in [-0.1, -0.05) is 71.1 Å². The molecule has 15 N–H and O–H groups in total. The van der Waals surface area contributed by atoms with Gasteiger partial charge in [0.2, 0.25) is 59.1 Å². The van der Waals surface area contributed by atoms with E-state index in [1.807, 2.05) is 0 Å². The van der Waals surface area contributed by atoms with Crippen molar-refractivity contribution < 1.29 is 137 Å². The number of rotatable bonds is 48. The molecule has 3 atom stereocenters. The molecule has 0 radical (unpaired) electrons. The molecular weight excluding hydrogens is 1780 g/mol. The summed E-state index contributed by atoms with van der Waals surface area (Å²) in [4.78, 5) is 273. The third kappa shape index (κ3) is 51.3. The topological polar surface area (TPSA) is 630 Å². The second kappa shape index (κ2) is 65.2. The molecule has 0 aliphatic carbocycles. The van der Waals surface area contributed by atoms with Crippen LogP contribution in [0.5, 0.6) is 0 Å². The molecule has 0 saturated carbocycles. The van der Waals surface area contributed by atoms with Crippen molar-refractivity contribution in [1.82, 2.24) is 110 Å². The lowest BCUT2D eigenvalue weighted by Gasteiger charge is -2.35. The van der Waals surface area contributed by atoms with Crippen LogP contribution in [0.3, 0.4) is 0 Å². The van der Waals surface area contributed by atoms with Crippen molar-refractivity contribution in [2.75, 3.05) is 308 Å². The van der Waals surface area contributed by atoms with Gasteiger partial charge in [-0.2, -0.15) is 0 Å². The van der Waals surface area contributed by atoms with Gasteiger partial charge in [0.05, 0.1) is 116 Å². The summed E-state index contributed by atoms with van der Waals surface area (Å²) in [5.74, 6) is -17.4. The Morgan fingerprint density at radius 2 is 0.370 bits per heavy atom. The molecule has 4 rings (SSSR count). The maximum absolute atomic E-state index is 14.7. The van der Waals surface area contributed by atoms with Crippen molar-refractivity contribution in [3.63, 3.8) is 0 Å². The average Bonchev–Trinajstić information content (AvgIpc) is 0.874. The molecule has 0 bridgehead atoms. The molecule has 0 aromatic carbocycles. The van der Waals surface area contributed by atoms with Crippen molar-refractivity contribution in [3.05, 3.63) is 0 Å². The SMILES string of the molecule is CCCCCCCCCCCCCC(=O)N1CCN(C(=O)CNC(=O)CNC(=O)C(C)N2CCN(CC(=O)O)CCN(CC(=O)O)CCN(CC(=O)O)CC2)CCN(C(=O)CNC(=O)CNC(=O)C(C)N2CCN(CC(=O)O)CCN(CC(=O)O)CCN(CC(=O)O)CC2)CCN(C(=O)CNC(=O)CNC(=O)C(C)N2CCN(CC(=O)O)CCN(CC(=O)O)CCN(CC(=O)O)CC2)CC1. The second-order valence-corrected chi connectivity index (χ2v) is 34.5. The number of aliphatic carboxylic acids is 9. The van der Waals surface area contributed by atoms with Gasteiger partial charge >= 0.3 is 53.7 Å². The lowest BCUT2D eigenvalue weighted by atomic mass is 10.1. The highest BCUT2D eigenvalue weighted by atomic mass is 16.4. The van der Waals surface area contributed by atoms with Crippen LogP contribution in [0, 0.1) is 0 Å². The first-order valence-electron chi connectivity index (χ1n) is 46.6. The number of nitrogens with one attached hydrogen (secondary N) is 6. The number of carbonyl (C=O) groups excluding carboxylic acids is 10. The standard InChI is InChI=1S/C85H148N22O28/c1-5-6-7-8-9-10-11-12-13-14-15-16-70(111)104-41-43-105(71(112)52-86-67(108)49-89-83(133)64(2)101-35-29-95(58-77(121)122)23-17-92(55-74(115)116)18-24-96(30-36-101)59-78(123)124)45-47-107(73(114)54-88-69(110)51-91-85(135)66(4)103-39-33-99(62-81(129)130)27-21-94(57-76(119)120)22-28-100(34-40-103)63-82(131)132)48-46-106(44-42-104)72(113)53-87-68(109)50-90-84(134)65(3)102-37-31-97(60-79(125)126)25-19-93(56-75(117)118)20-26-98(32-38-102)61-80(127)128/h64-66H,5-63H2,1-4H3,(H,86,108)(H,87,109)(H,88,110)(H,89,133)(H,90,134)(H,91,135)(H,115,116)(H,117,118)(H,119,120)(H,121,122)(H,123,124)(H,125,126)(H,127,128)(H,129,130)(H,131,132). The quantitative estimate of drug-likeness (QED) is 0.0252. The van der Waals surface area contributed by atoms with Crippen LogP contribution in [0.25, 0.3) is 0 Å². The zero-order chi connectivity index (χ0) is 99.9. The predicted molar refractivity (Wildman–Crippen MR) is 485 cm³/mol. The third-order valence-electron chi connectivity index (χ3n) is 24.2. The molecule has 10 amide bonds. The molecule has 4 heterocycles. The third-order valence-corrected chi connectivity index (χ3v) is 24.2. The van der Waals surface area contributed by atoms with E-state index in [0.717, 1.165) is 51.4 Å². The van der Waals surface area contributed by atoms with Crippen molar-refractivity contribution in [2.24, 2.45) is 0 Å². The summed E-state index contributed by atoms with van der Waals surface area (Å²) in [7, 11) is 0. The Kier molecular flexibility index (Phi) is 56.4. The van der Waals surface area contributed by atoms with Gasteiger partial charge < -0.3 is 97.5 Å². The molecule has 0 spiro atoms. The van der Waals surface area contributed by atoms with Crippen LogP contribution in [0.4, 0.5) is 0 Å². The molecule has 0 aromatic rings. The fourth-order valence-electron chi connectivity index (χ4n) is 16.0. The van der Waals surface area contributed by atoms with Crippen LogP contribution in [-0.4, -0.2) is 563 Å². The van der Waals surface area contributed by atoms with E-state index in [-0.39, 0.29) is 241 Å². The molecular formula is C85H148N22O28. The molecule has 50 heteroatoms. The van der Waals surface area contributed by atoms with E-state index in [9.17, 15) is 137 Å². The van der Waals surface area contributed by atoms with E-state index in [2.05, 4.69) is 38.8 Å². The van der Waals surface area contributed by atoms with Gasteiger partial charge in [-0.25, -0.2) is 0 Å². The lowest BCUT2D eigenvalue weighted by molar-refractivity contribution is -0.141.